The van der Waals surface area contributed by atoms with Gasteiger partial charge in [-0.2, -0.15) is 4.98 Å². The molecular formula is C24H24Cl3N7O. The van der Waals surface area contributed by atoms with E-state index in [1.807, 2.05) is 12.1 Å². The van der Waals surface area contributed by atoms with E-state index in [4.69, 9.17) is 34.8 Å². The number of nitrogens with one attached hydrogen (secondary N) is 3. The van der Waals surface area contributed by atoms with Gasteiger partial charge in [0.05, 0.1) is 21.9 Å². The number of hydrogen-bond donors (Lipinski definition) is 3. The number of aromatic nitrogens is 2. The van der Waals surface area contributed by atoms with Crippen molar-refractivity contribution in [1.82, 2.24) is 14.9 Å². The SMILES string of the molecule is C=CC(=O)Nc1c(Cl)cc(Nc2nc(Nc3ccc(N4CCN(C)CC4)cc3)ncc2Cl)cc1Cl. The Morgan fingerprint density at radius 2 is 1.63 bits per heavy atom. The van der Waals surface area contributed by atoms with Crippen molar-refractivity contribution in [3.63, 3.8) is 0 Å². The van der Waals surface area contributed by atoms with Gasteiger partial charge < -0.3 is 25.8 Å². The minimum atomic E-state index is -0.416. The van der Waals surface area contributed by atoms with Crippen LogP contribution >= 0.6 is 34.8 Å². The van der Waals surface area contributed by atoms with Gasteiger partial charge in [-0.1, -0.05) is 41.4 Å². The molecule has 0 aliphatic carbocycles. The Balaban J connectivity index is 1.46. The predicted octanol–water partition coefficient (Wildman–Crippen LogP) is 5.80. The van der Waals surface area contributed by atoms with E-state index in [9.17, 15) is 4.79 Å². The van der Waals surface area contributed by atoms with E-state index < -0.39 is 5.91 Å². The van der Waals surface area contributed by atoms with Crippen LogP contribution in [0.15, 0.2) is 55.3 Å². The van der Waals surface area contributed by atoms with E-state index in [1.54, 1.807) is 12.1 Å². The summed E-state index contributed by atoms with van der Waals surface area (Å²) in [5, 5.41) is 9.69. The molecule has 2 heterocycles. The van der Waals surface area contributed by atoms with Gasteiger partial charge in [-0.05, 0) is 49.5 Å². The molecule has 11 heteroatoms. The Morgan fingerprint density at radius 3 is 2.26 bits per heavy atom. The van der Waals surface area contributed by atoms with Crippen LogP contribution in [0, 0.1) is 0 Å². The number of halogens is 3. The van der Waals surface area contributed by atoms with Gasteiger partial charge in [-0.3, -0.25) is 4.79 Å². The van der Waals surface area contributed by atoms with Gasteiger partial charge in [0.15, 0.2) is 5.82 Å². The van der Waals surface area contributed by atoms with Gasteiger partial charge in [0.25, 0.3) is 0 Å². The second-order valence-corrected chi connectivity index (χ2v) is 9.21. The lowest BCUT2D eigenvalue weighted by molar-refractivity contribution is -0.111. The number of piperazine rings is 1. The Bertz CT molecular complexity index is 1210. The van der Waals surface area contributed by atoms with Gasteiger partial charge in [-0.15, -0.1) is 0 Å². The second kappa shape index (κ2) is 11.1. The van der Waals surface area contributed by atoms with Crippen molar-refractivity contribution >= 4 is 75.2 Å². The first-order valence-electron chi connectivity index (χ1n) is 10.8. The molecule has 182 valence electrons. The summed E-state index contributed by atoms with van der Waals surface area (Å²) >= 11 is 18.9. The summed E-state index contributed by atoms with van der Waals surface area (Å²) in [6.07, 6.45) is 2.63. The minimum absolute atomic E-state index is 0.249. The van der Waals surface area contributed by atoms with Crippen LogP contribution in [0.3, 0.4) is 0 Å². The zero-order valence-corrected chi connectivity index (χ0v) is 21.3. The summed E-state index contributed by atoms with van der Waals surface area (Å²) in [7, 11) is 2.14. The van der Waals surface area contributed by atoms with Crippen LogP contribution in [-0.4, -0.2) is 54.0 Å². The molecule has 0 radical (unpaired) electrons. The first-order valence-corrected chi connectivity index (χ1v) is 12.0. The van der Waals surface area contributed by atoms with Crippen LogP contribution in [0.5, 0.6) is 0 Å². The molecular weight excluding hydrogens is 509 g/mol. The Hall–Kier alpha value is -3.04. The highest BCUT2D eigenvalue weighted by Crippen LogP contribution is 2.35. The highest BCUT2D eigenvalue weighted by molar-refractivity contribution is 6.40. The molecule has 1 aliphatic rings. The van der Waals surface area contributed by atoms with E-state index in [2.05, 4.69) is 61.5 Å². The van der Waals surface area contributed by atoms with E-state index in [0.29, 0.717) is 28.2 Å². The summed E-state index contributed by atoms with van der Waals surface area (Å²) < 4.78 is 0. The number of nitrogens with zero attached hydrogens (tertiary/aromatic N) is 4. The van der Waals surface area contributed by atoms with Gasteiger partial charge in [0, 0.05) is 43.2 Å². The standard InChI is InChI=1S/C24H24Cl3N7O/c1-3-21(35)31-22-18(25)12-16(13-19(22)26)29-23-20(27)14-28-24(32-23)30-15-4-6-17(7-5-15)34-10-8-33(2)9-11-34/h3-7,12-14H,1,8-11H2,2H3,(H,31,35)(H2,28,29,30,32). The normalized spacial score (nSPS) is 13.9. The van der Waals surface area contributed by atoms with Crippen LogP contribution in [-0.2, 0) is 4.79 Å². The Morgan fingerprint density at radius 1 is 0.971 bits per heavy atom. The zero-order valence-electron chi connectivity index (χ0n) is 19.0. The number of rotatable bonds is 7. The highest BCUT2D eigenvalue weighted by atomic mass is 35.5. The van der Waals surface area contributed by atoms with Crippen LogP contribution < -0.4 is 20.9 Å². The molecule has 4 rings (SSSR count). The lowest BCUT2D eigenvalue weighted by atomic mass is 10.2. The first-order chi connectivity index (χ1) is 16.8. The zero-order chi connectivity index (χ0) is 24.9. The van der Waals surface area contributed by atoms with Gasteiger partial charge in [0.1, 0.15) is 5.02 Å². The maximum Gasteiger partial charge on any atom is 0.247 e. The molecule has 0 atom stereocenters. The van der Waals surface area contributed by atoms with Crippen LogP contribution in [0.2, 0.25) is 15.1 Å². The van der Waals surface area contributed by atoms with Crippen molar-refractivity contribution in [2.24, 2.45) is 0 Å². The maximum absolute atomic E-state index is 11.6. The average molecular weight is 533 g/mol. The fraction of sp³-hybridized carbons (Fsp3) is 0.208. The third kappa shape index (κ3) is 6.35. The molecule has 2 aromatic carbocycles. The first kappa shape index (κ1) is 25.1. The Kier molecular flexibility index (Phi) is 7.97. The van der Waals surface area contributed by atoms with Gasteiger partial charge in [-0.25, -0.2) is 4.98 Å². The molecule has 1 fully saturated rings. The molecule has 1 amide bonds. The molecule has 1 aromatic heterocycles. The van der Waals surface area contributed by atoms with Crippen molar-refractivity contribution in [3.8, 4) is 0 Å². The number of hydrogen-bond acceptors (Lipinski definition) is 7. The van der Waals surface area contributed by atoms with Crippen molar-refractivity contribution in [2.75, 3.05) is 54.1 Å². The van der Waals surface area contributed by atoms with Crippen molar-refractivity contribution in [3.05, 3.63) is 70.3 Å². The molecule has 3 aromatic rings. The fourth-order valence-corrected chi connectivity index (χ4v) is 4.26. The monoisotopic (exact) mass is 531 g/mol. The quantitative estimate of drug-likeness (QED) is 0.332. The number of anilines is 6. The molecule has 0 unspecified atom stereocenters. The molecule has 3 N–H and O–H groups in total. The number of benzene rings is 2. The molecule has 0 saturated carbocycles. The van der Waals surface area contributed by atoms with Crippen molar-refractivity contribution in [1.29, 1.82) is 0 Å². The van der Waals surface area contributed by atoms with E-state index in [0.717, 1.165) is 37.9 Å². The highest BCUT2D eigenvalue weighted by Gasteiger charge is 2.15. The van der Waals surface area contributed by atoms with E-state index in [-0.39, 0.29) is 10.0 Å². The lowest BCUT2D eigenvalue weighted by Gasteiger charge is -2.34. The van der Waals surface area contributed by atoms with E-state index in [1.165, 1.54) is 11.9 Å². The minimum Gasteiger partial charge on any atom is -0.369 e. The van der Waals surface area contributed by atoms with Crippen LogP contribution in [0.4, 0.5) is 34.5 Å². The summed E-state index contributed by atoms with van der Waals surface area (Å²) in [6.45, 7) is 7.54. The third-order valence-electron chi connectivity index (χ3n) is 5.47. The summed E-state index contributed by atoms with van der Waals surface area (Å²) in [4.78, 5) is 25.0. The van der Waals surface area contributed by atoms with Crippen LogP contribution in [0.1, 0.15) is 0 Å². The van der Waals surface area contributed by atoms with Crippen molar-refractivity contribution in [2.45, 2.75) is 0 Å². The number of amides is 1. The molecule has 1 saturated heterocycles. The number of carbonyl (C=O) groups is 1. The second-order valence-electron chi connectivity index (χ2n) is 7.99. The number of carbonyl (C=O) groups excluding carboxylic acids is 1. The summed E-state index contributed by atoms with van der Waals surface area (Å²) in [5.74, 6) is 0.324. The van der Waals surface area contributed by atoms with Gasteiger partial charge in [0.2, 0.25) is 11.9 Å². The smallest absolute Gasteiger partial charge is 0.247 e. The molecule has 0 bridgehead atoms. The molecule has 1 aliphatic heterocycles. The number of likely N-dealkylation sites (N-methyl/N-ethyl adjacent to an activating group) is 1. The maximum atomic E-state index is 11.6. The topological polar surface area (TPSA) is 85.4 Å². The molecule has 0 spiro atoms. The average Bonchev–Trinajstić information content (AvgIpc) is 2.84. The van der Waals surface area contributed by atoms with E-state index >= 15 is 0 Å². The molecule has 35 heavy (non-hydrogen) atoms. The molecule has 8 nitrogen and oxygen atoms in total. The Labute approximate surface area is 218 Å². The largest absolute Gasteiger partial charge is 0.369 e. The predicted molar refractivity (Wildman–Crippen MR) is 145 cm³/mol. The van der Waals surface area contributed by atoms with Gasteiger partial charge >= 0.3 is 0 Å². The third-order valence-corrected chi connectivity index (χ3v) is 6.35. The summed E-state index contributed by atoms with van der Waals surface area (Å²) in [5.41, 5.74) is 2.87. The van der Waals surface area contributed by atoms with Crippen LogP contribution in [0.25, 0.3) is 0 Å². The lowest BCUT2D eigenvalue weighted by Crippen LogP contribution is -2.44. The van der Waals surface area contributed by atoms with Crippen molar-refractivity contribution < 1.29 is 4.79 Å². The fourth-order valence-electron chi connectivity index (χ4n) is 3.54. The summed E-state index contributed by atoms with van der Waals surface area (Å²) in [6, 6.07) is 11.4.